The molecule has 0 radical (unpaired) electrons. The number of fused-ring (bicyclic) bond motifs is 1. The monoisotopic (exact) mass is 206 g/mol. The standard InChI is InChI=1S/C11H11ClN2/c1-14(2)11-6-4-8-3-5-9(12)7-10(8)13-11/h3-7H,1-2H3. The zero-order chi connectivity index (χ0) is 10.1. The topological polar surface area (TPSA) is 16.1 Å². The molecule has 14 heavy (non-hydrogen) atoms. The van der Waals surface area contributed by atoms with Crippen molar-refractivity contribution in [1.82, 2.24) is 4.98 Å². The molecule has 72 valence electrons. The number of nitrogens with zero attached hydrogens (tertiary/aromatic N) is 2. The fourth-order valence-corrected chi connectivity index (χ4v) is 1.49. The number of halogens is 1. The van der Waals surface area contributed by atoms with Crippen molar-refractivity contribution in [3.63, 3.8) is 0 Å². The van der Waals surface area contributed by atoms with Crippen LogP contribution in [0.5, 0.6) is 0 Å². The van der Waals surface area contributed by atoms with Gasteiger partial charge in [-0.15, -0.1) is 0 Å². The van der Waals surface area contributed by atoms with Crippen LogP contribution < -0.4 is 4.90 Å². The molecule has 0 aliphatic heterocycles. The summed E-state index contributed by atoms with van der Waals surface area (Å²) in [7, 11) is 3.94. The first-order valence-electron chi connectivity index (χ1n) is 4.40. The molecule has 0 atom stereocenters. The Morgan fingerprint density at radius 3 is 2.57 bits per heavy atom. The summed E-state index contributed by atoms with van der Waals surface area (Å²) in [5.41, 5.74) is 0.934. The van der Waals surface area contributed by atoms with Crippen LogP contribution in [0.2, 0.25) is 5.02 Å². The number of anilines is 1. The van der Waals surface area contributed by atoms with Crippen molar-refractivity contribution in [3.05, 3.63) is 35.4 Å². The van der Waals surface area contributed by atoms with Crippen molar-refractivity contribution in [1.29, 1.82) is 0 Å². The van der Waals surface area contributed by atoms with E-state index in [9.17, 15) is 0 Å². The van der Waals surface area contributed by atoms with E-state index in [1.54, 1.807) is 0 Å². The minimum atomic E-state index is 0.723. The first kappa shape index (κ1) is 9.28. The Bertz CT molecular complexity index is 466. The van der Waals surface area contributed by atoms with E-state index in [0.29, 0.717) is 0 Å². The first-order chi connectivity index (χ1) is 6.66. The highest BCUT2D eigenvalue weighted by Crippen LogP contribution is 2.20. The number of hydrogen-bond acceptors (Lipinski definition) is 2. The van der Waals surface area contributed by atoms with Gasteiger partial charge in [0.25, 0.3) is 0 Å². The van der Waals surface area contributed by atoms with Crippen molar-refractivity contribution in [3.8, 4) is 0 Å². The fraction of sp³-hybridized carbons (Fsp3) is 0.182. The lowest BCUT2D eigenvalue weighted by Crippen LogP contribution is -2.10. The van der Waals surface area contributed by atoms with Gasteiger partial charge in [0.2, 0.25) is 0 Å². The lowest BCUT2D eigenvalue weighted by Gasteiger charge is -2.11. The molecule has 2 rings (SSSR count). The van der Waals surface area contributed by atoms with Crippen LogP contribution in [0.25, 0.3) is 10.9 Å². The number of benzene rings is 1. The van der Waals surface area contributed by atoms with Crippen LogP contribution in [-0.4, -0.2) is 19.1 Å². The normalized spacial score (nSPS) is 10.5. The second kappa shape index (κ2) is 3.46. The van der Waals surface area contributed by atoms with E-state index in [-0.39, 0.29) is 0 Å². The summed E-state index contributed by atoms with van der Waals surface area (Å²) in [6, 6.07) is 9.78. The highest BCUT2D eigenvalue weighted by molar-refractivity contribution is 6.31. The Kier molecular flexibility index (Phi) is 2.30. The summed E-state index contributed by atoms with van der Waals surface area (Å²) < 4.78 is 0. The number of hydrogen-bond donors (Lipinski definition) is 0. The Morgan fingerprint density at radius 1 is 1.14 bits per heavy atom. The Balaban J connectivity index is 2.63. The highest BCUT2D eigenvalue weighted by atomic mass is 35.5. The highest BCUT2D eigenvalue weighted by Gasteiger charge is 2.00. The van der Waals surface area contributed by atoms with Gasteiger partial charge in [0.05, 0.1) is 5.52 Å². The molecule has 1 aromatic heterocycles. The molecule has 0 saturated carbocycles. The molecule has 0 aliphatic rings. The molecule has 0 amide bonds. The summed E-state index contributed by atoms with van der Waals surface area (Å²) in [6.07, 6.45) is 0. The van der Waals surface area contributed by atoms with Gasteiger partial charge >= 0.3 is 0 Å². The van der Waals surface area contributed by atoms with Crippen molar-refractivity contribution >= 4 is 28.3 Å². The number of pyridine rings is 1. The molecule has 0 spiro atoms. The Labute approximate surface area is 88.1 Å². The summed E-state index contributed by atoms with van der Waals surface area (Å²) in [4.78, 5) is 6.45. The van der Waals surface area contributed by atoms with Crippen molar-refractivity contribution in [2.24, 2.45) is 0 Å². The average Bonchev–Trinajstić information content (AvgIpc) is 2.16. The molecule has 0 unspecified atom stereocenters. The molecule has 0 bridgehead atoms. The van der Waals surface area contributed by atoms with Gasteiger partial charge in [-0.05, 0) is 24.3 Å². The van der Waals surface area contributed by atoms with E-state index < -0.39 is 0 Å². The maximum Gasteiger partial charge on any atom is 0.128 e. The van der Waals surface area contributed by atoms with E-state index >= 15 is 0 Å². The maximum atomic E-state index is 5.90. The minimum absolute atomic E-state index is 0.723. The van der Waals surface area contributed by atoms with Crippen molar-refractivity contribution in [2.75, 3.05) is 19.0 Å². The summed E-state index contributed by atoms with van der Waals surface area (Å²) in [5.74, 6) is 0.944. The summed E-state index contributed by atoms with van der Waals surface area (Å²) in [6.45, 7) is 0. The Morgan fingerprint density at radius 2 is 1.86 bits per heavy atom. The molecular weight excluding hydrogens is 196 g/mol. The third-order valence-corrected chi connectivity index (χ3v) is 2.33. The van der Waals surface area contributed by atoms with Crippen LogP contribution >= 0.6 is 11.6 Å². The first-order valence-corrected chi connectivity index (χ1v) is 4.78. The van der Waals surface area contributed by atoms with Crippen LogP contribution in [0.4, 0.5) is 5.82 Å². The zero-order valence-corrected chi connectivity index (χ0v) is 8.92. The largest absolute Gasteiger partial charge is 0.363 e. The number of aromatic nitrogens is 1. The van der Waals surface area contributed by atoms with E-state index in [0.717, 1.165) is 21.7 Å². The lowest BCUT2D eigenvalue weighted by molar-refractivity contribution is 1.08. The molecule has 1 heterocycles. The third kappa shape index (κ3) is 1.66. The third-order valence-electron chi connectivity index (χ3n) is 2.10. The van der Waals surface area contributed by atoms with Crippen molar-refractivity contribution in [2.45, 2.75) is 0 Å². The minimum Gasteiger partial charge on any atom is -0.363 e. The van der Waals surface area contributed by atoms with E-state index in [1.807, 2.05) is 49.3 Å². The Hall–Kier alpha value is -1.28. The molecule has 2 aromatic rings. The van der Waals surface area contributed by atoms with Gasteiger partial charge < -0.3 is 4.90 Å². The fourth-order valence-electron chi connectivity index (χ4n) is 1.33. The summed E-state index contributed by atoms with van der Waals surface area (Å²) >= 11 is 5.90. The molecule has 0 saturated heterocycles. The van der Waals surface area contributed by atoms with E-state index in [2.05, 4.69) is 4.98 Å². The van der Waals surface area contributed by atoms with E-state index in [4.69, 9.17) is 11.6 Å². The lowest BCUT2D eigenvalue weighted by atomic mass is 10.2. The number of rotatable bonds is 1. The van der Waals surface area contributed by atoms with Gasteiger partial charge in [0, 0.05) is 24.5 Å². The molecule has 2 nitrogen and oxygen atoms in total. The smallest absolute Gasteiger partial charge is 0.128 e. The molecular formula is C11H11ClN2. The average molecular weight is 207 g/mol. The van der Waals surface area contributed by atoms with Crippen LogP contribution in [0.15, 0.2) is 30.3 Å². The van der Waals surface area contributed by atoms with Crippen LogP contribution in [0.1, 0.15) is 0 Å². The second-order valence-corrected chi connectivity index (χ2v) is 3.84. The van der Waals surface area contributed by atoms with Gasteiger partial charge in [0.1, 0.15) is 5.82 Å². The predicted molar refractivity (Wildman–Crippen MR) is 61.1 cm³/mol. The van der Waals surface area contributed by atoms with Gasteiger partial charge in [-0.3, -0.25) is 0 Å². The molecule has 1 aromatic carbocycles. The molecule has 0 aliphatic carbocycles. The zero-order valence-electron chi connectivity index (χ0n) is 8.16. The quantitative estimate of drug-likeness (QED) is 0.713. The summed E-state index contributed by atoms with van der Waals surface area (Å²) in [5, 5.41) is 1.83. The molecule has 0 N–H and O–H groups in total. The molecule has 0 fully saturated rings. The second-order valence-electron chi connectivity index (χ2n) is 3.40. The van der Waals surface area contributed by atoms with Gasteiger partial charge in [0.15, 0.2) is 0 Å². The maximum absolute atomic E-state index is 5.90. The molecule has 3 heteroatoms. The predicted octanol–water partition coefficient (Wildman–Crippen LogP) is 2.95. The van der Waals surface area contributed by atoms with Crippen LogP contribution in [0.3, 0.4) is 0 Å². The van der Waals surface area contributed by atoms with E-state index in [1.165, 1.54) is 0 Å². The van der Waals surface area contributed by atoms with Crippen LogP contribution in [0, 0.1) is 0 Å². The van der Waals surface area contributed by atoms with Gasteiger partial charge in [-0.1, -0.05) is 17.7 Å². The van der Waals surface area contributed by atoms with Crippen molar-refractivity contribution < 1.29 is 0 Å². The van der Waals surface area contributed by atoms with Crippen LogP contribution in [-0.2, 0) is 0 Å². The SMILES string of the molecule is CN(C)c1ccc2ccc(Cl)cc2n1. The van der Waals surface area contributed by atoms with Gasteiger partial charge in [-0.25, -0.2) is 4.98 Å². The van der Waals surface area contributed by atoms with Gasteiger partial charge in [-0.2, -0.15) is 0 Å².